The molecule has 1 N–H and O–H groups in total. The summed E-state index contributed by atoms with van der Waals surface area (Å²) in [5.41, 5.74) is 1.05. The molecule has 3 heteroatoms. The van der Waals surface area contributed by atoms with E-state index in [0.29, 0.717) is 12.6 Å². The van der Waals surface area contributed by atoms with Gasteiger partial charge in [0.15, 0.2) is 0 Å². The fourth-order valence-corrected chi connectivity index (χ4v) is 2.46. The number of hydrogen-bond acceptors (Lipinski definition) is 3. The van der Waals surface area contributed by atoms with E-state index in [9.17, 15) is 4.79 Å². The van der Waals surface area contributed by atoms with E-state index in [1.807, 2.05) is 37.4 Å². The minimum atomic E-state index is -0.0339. The molecule has 0 bridgehead atoms. The molecule has 3 nitrogen and oxygen atoms in total. The minimum Gasteiger partial charge on any atom is -0.461 e. The zero-order valence-electron chi connectivity index (χ0n) is 10.9. The highest BCUT2D eigenvalue weighted by Crippen LogP contribution is 2.25. The molecule has 1 aliphatic carbocycles. The smallest absolute Gasteiger partial charge is 0.309 e. The van der Waals surface area contributed by atoms with E-state index in [0.717, 1.165) is 31.2 Å². The summed E-state index contributed by atoms with van der Waals surface area (Å²) in [6.07, 6.45) is 4.03. The van der Waals surface area contributed by atoms with Crippen LogP contribution in [0.15, 0.2) is 30.3 Å². The SMILES string of the molecule is CNC1CCC(C(=O)OCc2ccccc2)CC1. The molecule has 0 aliphatic heterocycles. The number of hydrogen-bond donors (Lipinski definition) is 1. The largest absolute Gasteiger partial charge is 0.461 e. The molecule has 1 aromatic carbocycles. The molecule has 2 rings (SSSR count). The average molecular weight is 247 g/mol. The Kier molecular flexibility index (Phi) is 4.76. The second kappa shape index (κ2) is 6.55. The van der Waals surface area contributed by atoms with Crippen LogP contribution in [0.2, 0.25) is 0 Å². The average Bonchev–Trinajstić information content (AvgIpc) is 2.46. The zero-order chi connectivity index (χ0) is 12.8. The fourth-order valence-electron chi connectivity index (χ4n) is 2.46. The number of nitrogens with one attached hydrogen (secondary N) is 1. The van der Waals surface area contributed by atoms with Gasteiger partial charge in [0.05, 0.1) is 5.92 Å². The molecule has 0 heterocycles. The van der Waals surface area contributed by atoms with Crippen molar-refractivity contribution in [1.82, 2.24) is 5.32 Å². The van der Waals surface area contributed by atoms with E-state index in [2.05, 4.69) is 5.32 Å². The number of carbonyl (C=O) groups is 1. The van der Waals surface area contributed by atoms with Gasteiger partial charge >= 0.3 is 5.97 Å². The monoisotopic (exact) mass is 247 g/mol. The van der Waals surface area contributed by atoms with Gasteiger partial charge in [0, 0.05) is 6.04 Å². The first-order valence-corrected chi connectivity index (χ1v) is 6.67. The number of rotatable bonds is 4. The quantitative estimate of drug-likeness (QED) is 0.831. The molecule has 1 saturated carbocycles. The van der Waals surface area contributed by atoms with E-state index in [1.165, 1.54) is 0 Å². The first-order chi connectivity index (χ1) is 8.79. The maximum Gasteiger partial charge on any atom is 0.309 e. The molecule has 1 fully saturated rings. The van der Waals surface area contributed by atoms with E-state index in [1.54, 1.807) is 0 Å². The molecule has 0 unspecified atom stereocenters. The summed E-state index contributed by atoms with van der Waals surface area (Å²) in [6, 6.07) is 10.4. The third-order valence-corrected chi connectivity index (χ3v) is 3.69. The number of ether oxygens (including phenoxy) is 1. The lowest BCUT2D eigenvalue weighted by Gasteiger charge is -2.26. The van der Waals surface area contributed by atoms with Crippen molar-refractivity contribution >= 4 is 5.97 Å². The number of benzene rings is 1. The summed E-state index contributed by atoms with van der Waals surface area (Å²) in [5.74, 6) is 0.0618. The van der Waals surface area contributed by atoms with Crippen molar-refractivity contribution in [2.24, 2.45) is 5.92 Å². The molecule has 0 aromatic heterocycles. The minimum absolute atomic E-state index is 0.0339. The van der Waals surface area contributed by atoms with Crippen molar-refractivity contribution in [2.75, 3.05) is 7.05 Å². The molecule has 98 valence electrons. The summed E-state index contributed by atoms with van der Waals surface area (Å²) in [5, 5.41) is 3.27. The van der Waals surface area contributed by atoms with Crippen LogP contribution in [0.4, 0.5) is 0 Å². The molecule has 0 spiro atoms. The Morgan fingerprint density at radius 3 is 2.50 bits per heavy atom. The van der Waals surface area contributed by atoms with Gasteiger partial charge in [-0.15, -0.1) is 0 Å². The summed E-state index contributed by atoms with van der Waals surface area (Å²) in [7, 11) is 1.98. The topological polar surface area (TPSA) is 38.3 Å². The van der Waals surface area contributed by atoms with E-state index >= 15 is 0 Å². The van der Waals surface area contributed by atoms with Crippen LogP contribution < -0.4 is 5.32 Å². The first kappa shape index (κ1) is 13.1. The van der Waals surface area contributed by atoms with Crippen molar-refractivity contribution in [3.8, 4) is 0 Å². The van der Waals surface area contributed by atoms with Crippen LogP contribution in [-0.2, 0) is 16.1 Å². The maximum atomic E-state index is 11.9. The Bertz CT molecular complexity index is 369. The third-order valence-electron chi connectivity index (χ3n) is 3.69. The summed E-state index contributed by atoms with van der Waals surface area (Å²) < 4.78 is 5.38. The lowest BCUT2D eigenvalue weighted by atomic mass is 9.86. The Morgan fingerprint density at radius 2 is 1.89 bits per heavy atom. The van der Waals surface area contributed by atoms with Gasteiger partial charge in [0.1, 0.15) is 6.61 Å². The molecular weight excluding hydrogens is 226 g/mol. The second-order valence-corrected chi connectivity index (χ2v) is 4.93. The molecule has 0 radical (unpaired) electrons. The van der Waals surface area contributed by atoms with Gasteiger partial charge < -0.3 is 10.1 Å². The predicted octanol–water partition coefficient (Wildman–Crippen LogP) is 2.51. The maximum absolute atomic E-state index is 11.9. The van der Waals surface area contributed by atoms with Crippen LogP contribution in [0.25, 0.3) is 0 Å². The lowest BCUT2D eigenvalue weighted by Crippen LogP contribution is -2.33. The van der Waals surface area contributed by atoms with Crippen molar-refractivity contribution in [3.05, 3.63) is 35.9 Å². The van der Waals surface area contributed by atoms with Crippen LogP contribution in [-0.4, -0.2) is 19.1 Å². The third kappa shape index (κ3) is 3.57. The van der Waals surface area contributed by atoms with Crippen molar-refractivity contribution in [2.45, 2.75) is 38.3 Å². The van der Waals surface area contributed by atoms with Crippen LogP contribution in [0.3, 0.4) is 0 Å². The normalized spacial score (nSPS) is 23.6. The molecule has 1 aromatic rings. The first-order valence-electron chi connectivity index (χ1n) is 6.67. The molecule has 0 atom stereocenters. The van der Waals surface area contributed by atoms with Gasteiger partial charge in [-0.25, -0.2) is 0 Å². The fraction of sp³-hybridized carbons (Fsp3) is 0.533. The predicted molar refractivity (Wildman–Crippen MR) is 71.0 cm³/mol. The van der Waals surface area contributed by atoms with Crippen molar-refractivity contribution < 1.29 is 9.53 Å². The standard InChI is InChI=1S/C15H21NO2/c1-16-14-9-7-13(8-10-14)15(17)18-11-12-5-3-2-4-6-12/h2-6,13-14,16H,7-11H2,1H3. The Morgan fingerprint density at radius 1 is 1.22 bits per heavy atom. The molecule has 0 saturated heterocycles. The van der Waals surface area contributed by atoms with Gasteiger partial charge in [-0.3, -0.25) is 4.79 Å². The number of esters is 1. The molecule has 18 heavy (non-hydrogen) atoms. The van der Waals surface area contributed by atoms with Gasteiger partial charge in [-0.05, 0) is 38.3 Å². The summed E-state index contributed by atoms with van der Waals surface area (Å²) >= 11 is 0. The molecule has 1 aliphatic rings. The Hall–Kier alpha value is -1.35. The van der Waals surface area contributed by atoms with Crippen molar-refractivity contribution in [1.29, 1.82) is 0 Å². The van der Waals surface area contributed by atoms with Gasteiger partial charge in [-0.1, -0.05) is 30.3 Å². The van der Waals surface area contributed by atoms with Gasteiger partial charge in [0.25, 0.3) is 0 Å². The van der Waals surface area contributed by atoms with E-state index < -0.39 is 0 Å². The van der Waals surface area contributed by atoms with Crippen LogP contribution >= 0.6 is 0 Å². The second-order valence-electron chi connectivity index (χ2n) is 4.93. The highest BCUT2D eigenvalue weighted by atomic mass is 16.5. The highest BCUT2D eigenvalue weighted by molar-refractivity contribution is 5.72. The van der Waals surface area contributed by atoms with Crippen LogP contribution in [0.5, 0.6) is 0 Å². The summed E-state index contributed by atoms with van der Waals surface area (Å²) in [4.78, 5) is 11.9. The van der Waals surface area contributed by atoms with Crippen LogP contribution in [0.1, 0.15) is 31.2 Å². The lowest BCUT2D eigenvalue weighted by molar-refractivity contribution is -0.151. The number of carbonyl (C=O) groups excluding carboxylic acids is 1. The van der Waals surface area contributed by atoms with Gasteiger partial charge in [0.2, 0.25) is 0 Å². The zero-order valence-corrected chi connectivity index (χ0v) is 10.9. The van der Waals surface area contributed by atoms with E-state index in [-0.39, 0.29) is 11.9 Å². The van der Waals surface area contributed by atoms with E-state index in [4.69, 9.17) is 4.74 Å². The molecule has 0 amide bonds. The van der Waals surface area contributed by atoms with Gasteiger partial charge in [-0.2, -0.15) is 0 Å². The Labute approximate surface area is 109 Å². The van der Waals surface area contributed by atoms with Crippen LogP contribution in [0, 0.1) is 5.92 Å². The van der Waals surface area contributed by atoms with Crippen molar-refractivity contribution in [3.63, 3.8) is 0 Å². The Balaban J connectivity index is 1.75. The molecular formula is C15H21NO2. The highest BCUT2D eigenvalue weighted by Gasteiger charge is 2.26. The summed E-state index contributed by atoms with van der Waals surface area (Å²) in [6.45, 7) is 0.394.